The third-order valence-electron chi connectivity index (χ3n) is 5.51. The average Bonchev–Trinajstić information content (AvgIpc) is 2.60. The maximum absolute atomic E-state index is 6.44. The van der Waals surface area contributed by atoms with Crippen molar-refractivity contribution < 1.29 is 4.74 Å². The number of alkyl halides is 1. The lowest BCUT2D eigenvalue weighted by molar-refractivity contribution is -0.125. The van der Waals surface area contributed by atoms with Crippen LogP contribution < -0.4 is 0 Å². The minimum absolute atomic E-state index is 0.110. The molecule has 0 aromatic heterocycles. The molecule has 3 aliphatic rings. The van der Waals surface area contributed by atoms with Crippen molar-refractivity contribution in [2.75, 3.05) is 5.33 Å². The second-order valence-corrected chi connectivity index (χ2v) is 7.51. The normalized spacial score (nSPS) is 29.6. The SMILES string of the molecule is [CH2]CCC(CC[C]1OC2(CBr)CCC1CC2)c1ccccc1. The Hall–Kier alpha value is -0.340. The molecule has 0 spiro atoms. The van der Waals surface area contributed by atoms with Gasteiger partial charge in [-0.15, -0.1) is 0 Å². The average molecular weight is 363 g/mol. The van der Waals surface area contributed by atoms with E-state index in [9.17, 15) is 0 Å². The van der Waals surface area contributed by atoms with Crippen LogP contribution in [0.3, 0.4) is 0 Å². The number of rotatable bonds is 7. The molecule has 3 fully saturated rings. The highest BCUT2D eigenvalue weighted by Gasteiger charge is 2.46. The van der Waals surface area contributed by atoms with Crippen molar-refractivity contribution in [1.29, 1.82) is 0 Å². The molecule has 1 aromatic carbocycles. The van der Waals surface area contributed by atoms with Crippen molar-refractivity contribution in [3.63, 3.8) is 0 Å². The van der Waals surface area contributed by atoms with Gasteiger partial charge in [0.1, 0.15) is 6.10 Å². The number of ether oxygens (including phenoxy) is 1. The summed E-state index contributed by atoms with van der Waals surface area (Å²) >= 11 is 3.68. The van der Waals surface area contributed by atoms with Gasteiger partial charge in [-0.1, -0.05) is 59.6 Å². The zero-order chi connectivity index (χ0) is 15.4. The Bertz CT molecular complexity index is 450. The van der Waals surface area contributed by atoms with Gasteiger partial charge < -0.3 is 4.74 Å². The molecular formula is C20H27BrO. The van der Waals surface area contributed by atoms with E-state index >= 15 is 0 Å². The van der Waals surface area contributed by atoms with Crippen molar-refractivity contribution in [2.24, 2.45) is 5.92 Å². The van der Waals surface area contributed by atoms with Gasteiger partial charge in [0.25, 0.3) is 0 Å². The monoisotopic (exact) mass is 362 g/mol. The fourth-order valence-corrected chi connectivity index (χ4v) is 4.79. The minimum Gasteiger partial charge on any atom is -0.364 e. The van der Waals surface area contributed by atoms with Crippen LogP contribution in [0.5, 0.6) is 0 Å². The van der Waals surface area contributed by atoms with E-state index in [0.717, 1.165) is 24.1 Å². The minimum atomic E-state index is 0.110. The molecule has 1 atom stereocenters. The van der Waals surface area contributed by atoms with E-state index in [2.05, 4.69) is 53.2 Å². The molecule has 1 aliphatic carbocycles. The number of benzene rings is 1. The van der Waals surface area contributed by atoms with Gasteiger partial charge in [0, 0.05) is 5.33 Å². The number of fused-ring (bicyclic) bond motifs is 3. The summed E-state index contributed by atoms with van der Waals surface area (Å²) in [7, 11) is 0. The second-order valence-electron chi connectivity index (χ2n) is 6.95. The molecule has 4 rings (SSSR count). The summed E-state index contributed by atoms with van der Waals surface area (Å²) in [4.78, 5) is 0. The molecule has 0 amide bonds. The summed E-state index contributed by atoms with van der Waals surface area (Å²) in [6, 6.07) is 10.9. The molecule has 2 saturated heterocycles. The lowest BCUT2D eigenvalue weighted by atomic mass is 9.72. The molecule has 2 aliphatic heterocycles. The van der Waals surface area contributed by atoms with Crippen LogP contribution in [0.15, 0.2) is 30.3 Å². The van der Waals surface area contributed by atoms with Gasteiger partial charge in [0.2, 0.25) is 0 Å². The quantitative estimate of drug-likeness (QED) is 0.536. The fourth-order valence-electron chi connectivity index (χ4n) is 4.11. The zero-order valence-electron chi connectivity index (χ0n) is 13.4. The topological polar surface area (TPSA) is 9.23 Å². The first-order valence-electron chi connectivity index (χ1n) is 8.71. The molecular weight excluding hydrogens is 336 g/mol. The summed E-state index contributed by atoms with van der Waals surface area (Å²) < 4.78 is 6.44. The molecule has 120 valence electrons. The molecule has 0 N–H and O–H groups in total. The lowest BCUT2D eigenvalue weighted by Gasteiger charge is -2.50. The van der Waals surface area contributed by atoms with Crippen LogP contribution in [-0.4, -0.2) is 10.9 Å². The Labute approximate surface area is 144 Å². The lowest BCUT2D eigenvalue weighted by Crippen LogP contribution is -2.47. The van der Waals surface area contributed by atoms with Gasteiger partial charge in [-0.3, -0.25) is 0 Å². The highest BCUT2D eigenvalue weighted by Crippen LogP contribution is 2.50. The van der Waals surface area contributed by atoms with Crippen LogP contribution in [0.2, 0.25) is 0 Å². The van der Waals surface area contributed by atoms with Gasteiger partial charge in [0.05, 0.1) is 5.60 Å². The smallest absolute Gasteiger partial charge is 0.101 e. The zero-order valence-corrected chi connectivity index (χ0v) is 15.0. The molecule has 2 heterocycles. The highest BCUT2D eigenvalue weighted by atomic mass is 79.9. The van der Waals surface area contributed by atoms with Crippen molar-refractivity contribution >= 4 is 15.9 Å². The summed E-state index contributed by atoms with van der Waals surface area (Å²) in [5.41, 5.74) is 1.57. The number of hydrogen-bond acceptors (Lipinski definition) is 1. The first kappa shape index (κ1) is 16.5. The van der Waals surface area contributed by atoms with Crippen LogP contribution in [0.4, 0.5) is 0 Å². The number of hydrogen-bond donors (Lipinski definition) is 0. The Morgan fingerprint density at radius 2 is 1.91 bits per heavy atom. The van der Waals surface area contributed by atoms with Gasteiger partial charge >= 0.3 is 0 Å². The van der Waals surface area contributed by atoms with E-state index in [1.54, 1.807) is 0 Å². The Balaban J connectivity index is 1.61. The maximum atomic E-state index is 6.44. The molecule has 2 radical (unpaired) electrons. The largest absolute Gasteiger partial charge is 0.364 e. The predicted molar refractivity (Wildman–Crippen MR) is 95.8 cm³/mol. The van der Waals surface area contributed by atoms with E-state index < -0.39 is 0 Å². The first-order chi connectivity index (χ1) is 10.8. The van der Waals surface area contributed by atoms with Gasteiger partial charge in [-0.25, -0.2) is 0 Å². The molecule has 2 heteroatoms. The van der Waals surface area contributed by atoms with Crippen molar-refractivity contribution in [2.45, 2.75) is 62.9 Å². The van der Waals surface area contributed by atoms with E-state index in [1.807, 2.05) is 0 Å². The fraction of sp³-hybridized carbons (Fsp3) is 0.600. The second kappa shape index (κ2) is 7.49. The van der Waals surface area contributed by atoms with E-state index in [0.29, 0.717) is 5.92 Å². The van der Waals surface area contributed by atoms with E-state index in [-0.39, 0.29) is 5.60 Å². The standard InChI is InChI=1S/C20H27BrO/c1-2-6-16(17-7-4-3-5-8-17)9-10-19-18-11-13-20(15-21,22-19)14-12-18/h3-5,7-8,16,18H,1-2,6,9-15H2. The Kier molecular flexibility index (Phi) is 5.62. The summed E-state index contributed by atoms with van der Waals surface area (Å²) in [5.74, 6) is 1.34. The van der Waals surface area contributed by atoms with Crippen LogP contribution in [0.1, 0.15) is 62.8 Å². The van der Waals surface area contributed by atoms with Gasteiger partial charge in [-0.05, 0) is 62.3 Å². The highest BCUT2D eigenvalue weighted by molar-refractivity contribution is 9.09. The summed E-state index contributed by atoms with van der Waals surface area (Å²) in [5, 5.41) is 0.983. The van der Waals surface area contributed by atoms with Crippen molar-refractivity contribution in [1.82, 2.24) is 0 Å². The molecule has 22 heavy (non-hydrogen) atoms. The Morgan fingerprint density at radius 1 is 1.18 bits per heavy atom. The van der Waals surface area contributed by atoms with Crippen molar-refractivity contribution in [3.05, 3.63) is 48.9 Å². The molecule has 1 nitrogen and oxygen atoms in total. The van der Waals surface area contributed by atoms with Crippen LogP contribution in [0, 0.1) is 18.9 Å². The van der Waals surface area contributed by atoms with E-state index in [1.165, 1.54) is 50.2 Å². The van der Waals surface area contributed by atoms with Gasteiger partial charge in [0.15, 0.2) is 0 Å². The molecule has 1 aromatic rings. The van der Waals surface area contributed by atoms with Crippen LogP contribution >= 0.6 is 15.9 Å². The van der Waals surface area contributed by atoms with Crippen LogP contribution in [0.25, 0.3) is 0 Å². The van der Waals surface area contributed by atoms with Crippen LogP contribution in [-0.2, 0) is 4.74 Å². The van der Waals surface area contributed by atoms with E-state index in [4.69, 9.17) is 4.74 Å². The predicted octanol–water partition coefficient (Wildman–Crippen LogP) is 6.05. The Morgan fingerprint density at radius 3 is 2.55 bits per heavy atom. The maximum Gasteiger partial charge on any atom is 0.101 e. The van der Waals surface area contributed by atoms with Gasteiger partial charge in [-0.2, -0.15) is 0 Å². The molecule has 2 bridgehead atoms. The third-order valence-corrected chi connectivity index (χ3v) is 6.53. The third kappa shape index (κ3) is 3.59. The number of halogens is 1. The van der Waals surface area contributed by atoms with Crippen molar-refractivity contribution in [3.8, 4) is 0 Å². The summed E-state index contributed by atoms with van der Waals surface area (Å²) in [6.45, 7) is 4.06. The summed E-state index contributed by atoms with van der Waals surface area (Å²) in [6.07, 6.45) is 11.0. The molecule has 1 saturated carbocycles. The molecule has 1 unspecified atom stereocenters. The first-order valence-corrected chi connectivity index (χ1v) is 9.83.